The third-order valence-corrected chi connectivity index (χ3v) is 5.64. The number of carbonyl (C=O) groups is 3. The normalized spacial score (nSPS) is 16.2. The van der Waals surface area contributed by atoms with E-state index in [1.54, 1.807) is 25.1 Å². The molecule has 170 valence electrons. The minimum absolute atomic E-state index is 0.0555. The van der Waals surface area contributed by atoms with Gasteiger partial charge in [0.2, 0.25) is 5.91 Å². The zero-order chi connectivity index (χ0) is 23.6. The van der Waals surface area contributed by atoms with Crippen molar-refractivity contribution in [3.05, 3.63) is 57.6 Å². The average Bonchev–Trinajstić information content (AvgIpc) is 3.10. The Balaban J connectivity index is 1.59. The quantitative estimate of drug-likeness (QED) is 0.610. The zero-order valence-electron chi connectivity index (χ0n) is 16.6. The van der Waals surface area contributed by atoms with E-state index in [4.69, 9.17) is 27.9 Å². The van der Waals surface area contributed by atoms with Crippen LogP contribution >= 0.6 is 23.2 Å². The van der Waals surface area contributed by atoms with E-state index in [1.165, 1.54) is 4.90 Å². The van der Waals surface area contributed by atoms with Gasteiger partial charge in [-0.3, -0.25) is 14.4 Å². The molecule has 0 bridgehead atoms. The summed E-state index contributed by atoms with van der Waals surface area (Å²) in [5, 5.41) is 2.56. The molecule has 1 aliphatic rings. The molecule has 1 saturated heterocycles. The van der Waals surface area contributed by atoms with Crippen molar-refractivity contribution >= 4 is 52.4 Å². The van der Waals surface area contributed by atoms with Gasteiger partial charge in [-0.1, -0.05) is 29.3 Å². The molecule has 1 N–H and O–H groups in total. The van der Waals surface area contributed by atoms with Crippen molar-refractivity contribution in [3.63, 3.8) is 0 Å². The Hall–Kier alpha value is -2.78. The fourth-order valence-corrected chi connectivity index (χ4v) is 3.56. The van der Waals surface area contributed by atoms with Gasteiger partial charge in [0.1, 0.15) is 0 Å². The molecule has 2 amide bonds. The van der Waals surface area contributed by atoms with Crippen molar-refractivity contribution in [2.24, 2.45) is 5.92 Å². The number of anilines is 2. The lowest BCUT2D eigenvalue weighted by Gasteiger charge is -2.19. The molecule has 2 aromatic carbocycles. The Labute approximate surface area is 191 Å². The van der Waals surface area contributed by atoms with Gasteiger partial charge in [-0.2, -0.15) is 13.2 Å². The van der Waals surface area contributed by atoms with Gasteiger partial charge in [0.05, 0.1) is 22.2 Å². The number of nitrogens with zero attached hydrogens (tertiary/aromatic N) is 1. The first kappa shape index (κ1) is 23.9. The lowest BCUT2D eigenvalue weighted by Crippen LogP contribution is -2.28. The Morgan fingerprint density at radius 1 is 1.19 bits per heavy atom. The SMILES string of the molecule is Cc1c(Cl)cccc1N1C[C@H](C(=O)OCC(=O)Nc2cc(C(F)(F)F)ccc2Cl)CC1=O. The topological polar surface area (TPSA) is 75.7 Å². The number of benzene rings is 2. The number of alkyl halides is 3. The molecule has 3 rings (SSSR count). The van der Waals surface area contributed by atoms with Gasteiger partial charge < -0.3 is 15.0 Å². The summed E-state index contributed by atoms with van der Waals surface area (Å²) in [6.07, 6.45) is -4.72. The fourth-order valence-electron chi connectivity index (χ4n) is 3.23. The monoisotopic (exact) mass is 488 g/mol. The first-order valence-electron chi connectivity index (χ1n) is 9.36. The minimum atomic E-state index is -4.61. The summed E-state index contributed by atoms with van der Waals surface area (Å²) >= 11 is 11.9. The van der Waals surface area contributed by atoms with Gasteiger partial charge in [-0.15, -0.1) is 0 Å². The molecule has 11 heteroatoms. The van der Waals surface area contributed by atoms with Crippen LogP contribution in [0.1, 0.15) is 17.5 Å². The Bertz CT molecular complexity index is 1080. The summed E-state index contributed by atoms with van der Waals surface area (Å²) in [6.45, 7) is 1.06. The standard InChI is InChI=1S/C21H17Cl2F3N2O4/c1-11-14(22)3-2-4-17(11)28-9-12(7-19(28)30)20(31)32-10-18(29)27-16-8-13(21(24,25)26)5-6-15(16)23/h2-6,8,12H,7,9-10H2,1H3,(H,27,29)/t12-/m1/s1. The third-order valence-electron chi connectivity index (χ3n) is 4.90. The predicted octanol–water partition coefficient (Wildman–Crippen LogP) is 4.86. The predicted molar refractivity (Wildman–Crippen MR) is 113 cm³/mol. The van der Waals surface area contributed by atoms with E-state index in [2.05, 4.69) is 5.32 Å². The molecule has 0 unspecified atom stereocenters. The van der Waals surface area contributed by atoms with Crippen LogP contribution in [0.4, 0.5) is 24.5 Å². The van der Waals surface area contributed by atoms with Crippen molar-refractivity contribution in [1.82, 2.24) is 0 Å². The zero-order valence-corrected chi connectivity index (χ0v) is 18.1. The van der Waals surface area contributed by atoms with E-state index in [0.717, 1.165) is 12.1 Å². The van der Waals surface area contributed by atoms with Crippen molar-refractivity contribution in [2.45, 2.75) is 19.5 Å². The number of rotatable bonds is 5. The molecule has 6 nitrogen and oxygen atoms in total. The van der Waals surface area contributed by atoms with Crippen molar-refractivity contribution in [1.29, 1.82) is 0 Å². The summed E-state index contributed by atoms with van der Waals surface area (Å²) in [5.41, 5.74) is 0.0138. The van der Waals surface area contributed by atoms with Crippen LogP contribution in [-0.2, 0) is 25.3 Å². The number of hydrogen-bond acceptors (Lipinski definition) is 4. The second-order valence-electron chi connectivity index (χ2n) is 7.14. The molecule has 0 radical (unpaired) electrons. The number of halogens is 5. The molecule has 32 heavy (non-hydrogen) atoms. The number of nitrogens with one attached hydrogen (secondary N) is 1. The second-order valence-corrected chi connectivity index (χ2v) is 7.95. The fraction of sp³-hybridized carbons (Fsp3) is 0.286. The van der Waals surface area contributed by atoms with E-state index >= 15 is 0 Å². The van der Waals surface area contributed by atoms with Gasteiger partial charge in [0.25, 0.3) is 5.91 Å². The van der Waals surface area contributed by atoms with Crippen LogP contribution in [0.3, 0.4) is 0 Å². The summed E-state index contributed by atoms with van der Waals surface area (Å²) in [6, 6.07) is 7.54. The van der Waals surface area contributed by atoms with E-state index < -0.39 is 36.1 Å². The maximum absolute atomic E-state index is 12.8. The Morgan fingerprint density at radius 2 is 1.91 bits per heavy atom. The average molecular weight is 489 g/mol. The summed E-state index contributed by atoms with van der Waals surface area (Å²) in [4.78, 5) is 38.2. The molecule has 0 aliphatic carbocycles. The van der Waals surface area contributed by atoms with Crippen LogP contribution in [0.5, 0.6) is 0 Å². The molecule has 0 spiro atoms. The van der Waals surface area contributed by atoms with Crippen LogP contribution in [0.25, 0.3) is 0 Å². The molecule has 1 fully saturated rings. The van der Waals surface area contributed by atoms with Crippen LogP contribution in [0.2, 0.25) is 10.0 Å². The van der Waals surface area contributed by atoms with E-state index in [1.807, 2.05) is 0 Å². The van der Waals surface area contributed by atoms with Crippen molar-refractivity contribution in [2.75, 3.05) is 23.4 Å². The summed E-state index contributed by atoms with van der Waals surface area (Å²) in [7, 11) is 0. The van der Waals surface area contributed by atoms with E-state index in [-0.39, 0.29) is 29.6 Å². The molecule has 2 aromatic rings. The number of hydrogen-bond donors (Lipinski definition) is 1. The molecule has 0 saturated carbocycles. The molecular weight excluding hydrogens is 472 g/mol. The lowest BCUT2D eigenvalue weighted by molar-refractivity contribution is -0.151. The highest BCUT2D eigenvalue weighted by atomic mass is 35.5. The lowest BCUT2D eigenvalue weighted by atomic mass is 10.1. The minimum Gasteiger partial charge on any atom is -0.455 e. The van der Waals surface area contributed by atoms with Gasteiger partial charge in [0, 0.05) is 23.7 Å². The van der Waals surface area contributed by atoms with E-state index in [9.17, 15) is 27.6 Å². The number of carbonyl (C=O) groups excluding carboxylic acids is 3. The van der Waals surface area contributed by atoms with Gasteiger partial charge in [0.15, 0.2) is 6.61 Å². The van der Waals surface area contributed by atoms with Crippen molar-refractivity contribution < 1.29 is 32.3 Å². The molecule has 1 heterocycles. The highest BCUT2D eigenvalue weighted by molar-refractivity contribution is 6.33. The van der Waals surface area contributed by atoms with Crippen molar-refractivity contribution in [3.8, 4) is 0 Å². The molecule has 1 aliphatic heterocycles. The number of ether oxygens (including phenoxy) is 1. The maximum atomic E-state index is 12.8. The molecule has 1 atom stereocenters. The van der Waals surface area contributed by atoms with Gasteiger partial charge in [-0.05, 0) is 42.8 Å². The van der Waals surface area contributed by atoms with Gasteiger partial charge >= 0.3 is 12.1 Å². The highest BCUT2D eigenvalue weighted by Crippen LogP contribution is 2.34. The third kappa shape index (κ3) is 5.34. The first-order chi connectivity index (χ1) is 15.0. The van der Waals surface area contributed by atoms with Crippen LogP contribution < -0.4 is 10.2 Å². The maximum Gasteiger partial charge on any atom is 0.416 e. The summed E-state index contributed by atoms with van der Waals surface area (Å²) in [5.74, 6) is -2.74. The molecule has 0 aromatic heterocycles. The van der Waals surface area contributed by atoms with E-state index in [0.29, 0.717) is 22.3 Å². The van der Waals surface area contributed by atoms with Crippen LogP contribution in [-0.4, -0.2) is 30.9 Å². The number of esters is 1. The summed E-state index contributed by atoms with van der Waals surface area (Å²) < 4.78 is 43.5. The van der Waals surface area contributed by atoms with Gasteiger partial charge in [-0.25, -0.2) is 0 Å². The smallest absolute Gasteiger partial charge is 0.416 e. The Morgan fingerprint density at radius 3 is 2.59 bits per heavy atom. The van der Waals surface area contributed by atoms with Crippen LogP contribution in [0.15, 0.2) is 36.4 Å². The molecular formula is C21H17Cl2F3N2O4. The highest BCUT2D eigenvalue weighted by Gasteiger charge is 2.37. The van der Waals surface area contributed by atoms with Crippen LogP contribution in [0, 0.1) is 12.8 Å². The Kier molecular flexibility index (Phi) is 7.00. The first-order valence-corrected chi connectivity index (χ1v) is 10.1. The second kappa shape index (κ2) is 9.38. The number of amides is 2. The largest absolute Gasteiger partial charge is 0.455 e.